The van der Waals surface area contributed by atoms with E-state index in [4.69, 9.17) is 19.2 Å². The van der Waals surface area contributed by atoms with Gasteiger partial charge in [-0.1, -0.05) is 39.8 Å². The van der Waals surface area contributed by atoms with Crippen molar-refractivity contribution >= 4 is 40.7 Å². The van der Waals surface area contributed by atoms with Crippen LogP contribution in [0.15, 0.2) is 54.7 Å². The van der Waals surface area contributed by atoms with Crippen LogP contribution in [-0.4, -0.2) is 123 Å². The smallest absolute Gasteiger partial charge is 0.410 e. The largest absolute Gasteiger partial charge is 0.508 e. The van der Waals surface area contributed by atoms with Crippen molar-refractivity contribution in [1.29, 1.82) is 0 Å². The highest BCUT2D eigenvalue weighted by atomic mass is 16.6. The molecule has 16 nitrogen and oxygen atoms in total. The lowest BCUT2D eigenvalue weighted by Crippen LogP contribution is -2.62. The first-order chi connectivity index (χ1) is 33.1. The van der Waals surface area contributed by atoms with Crippen LogP contribution in [0.25, 0.3) is 33.3 Å². The minimum Gasteiger partial charge on any atom is -0.508 e. The number of nitrogens with one attached hydrogen (secondary N) is 2. The summed E-state index contributed by atoms with van der Waals surface area (Å²) < 4.78 is 19.9. The average Bonchev–Trinajstić information content (AvgIpc) is 3.99. The molecule has 4 aromatic rings. The summed E-state index contributed by atoms with van der Waals surface area (Å²) in [4.78, 5) is 79.1. The molecular formula is C54H71N7O9. The van der Waals surface area contributed by atoms with E-state index < -0.39 is 58.4 Å². The summed E-state index contributed by atoms with van der Waals surface area (Å²) >= 11 is 0. The van der Waals surface area contributed by atoms with Crippen molar-refractivity contribution in [1.82, 2.24) is 35.1 Å². The number of aromatic hydroxyl groups is 1. The van der Waals surface area contributed by atoms with Gasteiger partial charge < -0.3 is 39.0 Å². The molecule has 6 heterocycles. The highest BCUT2D eigenvalue weighted by molar-refractivity contribution is 5.97. The van der Waals surface area contributed by atoms with Crippen LogP contribution in [-0.2, 0) is 52.8 Å². The number of aromatic nitrogens is 2. The number of cyclic esters (lactones) is 1. The Morgan fingerprint density at radius 2 is 1.77 bits per heavy atom. The summed E-state index contributed by atoms with van der Waals surface area (Å²) in [6.07, 6.45) is 3.42. The van der Waals surface area contributed by atoms with Crippen LogP contribution in [0.3, 0.4) is 0 Å². The molecule has 2 aromatic carbocycles. The van der Waals surface area contributed by atoms with Crippen molar-refractivity contribution in [3.05, 3.63) is 71.5 Å². The lowest BCUT2D eigenvalue weighted by Gasteiger charge is -2.37. The molecule has 4 amide bonds. The lowest BCUT2D eigenvalue weighted by molar-refractivity contribution is -0.155. The predicted molar refractivity (Wildman–Crippen MR) is 265 cm³/mol. The SMILES string of the molecule is CCn1c(-c2cccnc2[C@H](C)OC)c2c3cc(ccc31)-c1cc(O)cc(c1)C[C@H](NC(=O)[C@H](C(C)C)N1CC[C@]3(CCN(C(=O)OC(C)(C)C)C3)C1=O)C(=O)N1CCC[C@H](N1)C(=O)OCC(C)(C)C2. The Hall–Kier alpha value is -6.00. The molecule has 4 aliphatic heterocycles. The van der Waals surface area contributed by atoms with Crippen molar-refractivity contribution in [3.8, 4) is 28.1 Å². The molecule has 3 N–H and O–H groups in total. The fourth-order valence-electron chi connectivity index (χ4n) is 11.0. The zero-order valence-electron chi connectivity index (χ0n) is 42.5. The summed E-state index contributed by atoms with van der Waals surface area (Å²) in [7, 11) is 1.67. The zero-order valence-corrected chi connectivity index (χ0v) is 42.5. The first-order valence-electron chi connectivity index (χ1n) is 24.9. The Labute approximate surface area is 411 Å². The molecule has 1 spiro atoms. The standard InChI is InChI=1S/C54H71N7O9/c1-11-59-43-17-16-35-28-39(43)40(46(59)38-14-12-20-55-44(38)33(4)68-10)29-53(8,9)31-69-49(65)41-15-13-21-61(57-41)48(64)42(26-34-24-36(35)27-37(62)25-34)56-47(63)45(32(2)3)60-23-19-54(50(60)66)18-22-58(30-54)51(67)70-52(5,6)7/h12,14,16-17,20,24-25,27-28,32-33,41-42,45,57,62H,11,13,15,18-19,21-23,26,29-31H2,1-10H3,(H,56,63)/t33-,41-,42-,45-,54-/m0/s1. The monoisotopic (exact) mass is 962 g/mol. The first kappa shape index (κ1) is 50.4. The van der Waals surface area contributed by atoms with Crippen LogP contribution in [0.5, 0.6) is 5.75 Å². The molecule has 2 aromatic heterocycles. The van der Waals surface area contributed by atoms with Gasteiger partial charge in [0.15, 0.2) is 0 Å². The number of ether oxygens (including phenoxy) is 3. The topological polar surface area (TPSA) is 185 Å². The molecule has 0 aliphatic carbocycles. The van der Waals surface area contributed by atoms with Crippen LogP contribution in [0, 0.1) is 16.7 Å². The van der Waals surface area contributed by atoms with E-state index in [0.717, 1.165) is 44.5 Å². The fourth-order valence-corrected chi connectivity index (χ4v) is 11.0. The average molecular weight is 962 g/mol. The second-order valence-electron chi connectivity index (χ2n) is 21.9. The summed E-state index contributed by atoms with van der Waals surface area (Å²) in [6, 6.07) is 12.6. The molecule has 4 aliphatic rings. The normalized spacial score (nSPS) is 22.9. The van der Waals surface area contributed by atoms with Crippen molar-refractivity contribution in [2.24, 2.45) is 16.7 Å². The number of pyridine rings is 1. The predicted octanol–water partition coefficient (Wildman–Crippen LogP) is 7.34. The number of nitrogens with zero attached hydrogens (tertiary/aromatic N) is 5. The Balaban J connectivity index is 1.17. The van der Waals surface area contributed by atoms with E-state index >= 15 is 0 Å². The van der Waals surface area contributed by atoms with Crippen LogP contribution in [0.1, 0.15) is 111 Å². The van der Waals surface area contributed by atoms with Crippen LogP contribution in [0.2, 0.25) is 0 Å². The Kier molecular flexibility index (Phi) is 14.1. The molecule has 0 saturated carbocycles. The number of phenols is 1. The van der Waals surface area contributed by atoms with Gasteiger partial charge >= 0.3 is 12.1 Å². The van der Waals surface area contributed by atoms with Crippen molar-refractivity contribution in [3.63, 3.8) is 0 Å². The Morgan fingerprint density at radius 1 is 1.01 bits per heavy atom. The van der Waals surface area contributed by atoms with Gasteiger partial charge in [-0.05, 0) is 131 Å². The van der Waals surface area contributed by atoms with Crippen LogP contribution < -0.4 is 10.7 Å². The summed E-state index contributed by atoms with van der Waals surface area (Å²) in [5, 5.41) is 16.9. The summed E-state index contributed by atoms with van der Waals surface area (Å²) in [6.45, 7) is 19.3. The second-order valence-corrected chi connectivity index (χ2v) is 21.9. The van der Waals surface area contributed by atoms with Gasteiger partial charge in [0.2, 0.25) is 11.8 Å². The number of hydrazine groups is 1. The minimum atomic E-state index is -1.16. The van der Waals surface area contributed by atoms with Gasteiger partial charge in [-0.3, -0.25) is 29.2 Å². The van der Waals surface area contributed by atoms with E-state index in [1.165, 1.54) is 5.01 Å². The summed E-state index contributed by atoms with van der Waals surface area (Å²) in [5.74, 6) is -1.99. The molecular weight excluding hydrogens is 891 g/mol. The number of aryl methyl sites for hydroxylation is 1. The molecule has 6 bridgehead atoms. The number of rotatable bonds is 8. The molecule has 8 rings (SSSR count). The van der Waals surface area contributed by atoms with Gasteiger partial charge in [-0.2, -0.15) is 0 Å². The third-order valence-corrected chi connectivity index (χ3v) is 14.5. The number of carbonyl (C=O) groups excluding carboxylic acids is 5. The molecule has 0 radical (unpaired) electrons. The number of carbonyl (C=O) groups is 5. The van der Waals surface area contributed by atoms with E-state index in [0.29, 0.717) is 57.3 Å². The number of hydrogen-bond donors (Lipinski definition) is 3. The van der Waals surface area contributed by atoms with E-state index in [1.54, 1.807) is 56.0 Å². The highest BCUT2D eigenvalue weighted by Crippen LogP contribution is 2.44. The number of amides is 4. The van der Waals surface area contributed by atoms with Crippen molar-refractivity contribution in [2.75, 3.05) is 39.9 Å². The Morgan fingerprint density at radius 3 is 2.49 bits per heavy atom. The number of benzene rings is 2. The van der Waals surface area contributed by atoms with Gasteiger partial charge in [0.25, 0.3) is 5.91 Å². The van der Waals surface area contributed by atoms with E-state index in [-0.39, 0.29) is 49.8 Å². The van der Waals surface area contributed by atoms with Gasteiger partial charge in [0.05, 0.1) is 29.5 Å². The Bertz CT molecular complexity index is 2670. The number of fused-ring (bicyclic) bond motifs is 6. The van der Waals surface area contributed by atoms with Gasteiger partial charge in [0, 0.05) is 74.3 Å². The fraction of sp³-hybridized carbons (Fsp3) is 0.556. The molecule has 376 valence electrons. The lowest BCUT2D eigenvalue weighted by atomic mass is 9.84. The third kappa shape index (κ3) is 10.1. The minimum absolute atomic E-state index is 0.00761. The maximum Gasteiger partial charge on any atom is 0.410 e. The van der Waals surface area contributed by atoms with Gasteiger partial charge in [-0.15, -0.1) is 0 Å². The van der Waals surface area contributed by atoms with E-state index in [2.05, 4.69) is 54.3 Å². The molecule has 70 heavy (non-hydrogen) atoms. The molecule has 3 saturated heterocycles. The quantitative estimate of drug-likeness (QED) is 0.150. The number of likely N-dealkylation sites (tertiary alicyclic amines) is 2. The van der Waals surface area contributed by atoms with E-state index in [9.17, 15) is 29.1 Å². The molecule has 0 unspecified atom stereocenters. The number of hydrogen-bond acceptors (Lipinski definition) is 11. The third-order valence-electron chi connectivity index (χ3n) is 14.5. The number of phenolic OH excluding ortho intramolecular Hbond substituents is 1. The van der Waals surface area contributed by atoms with E-state index in [1.807, 2.05) is 39.0 Å². The molecule has 16 heteroatoms. The van der Waals surface area contributed by atoms with Gasteiger partial charge in [0.1, 0.15) is 29.5 Å². The zero-order chi connectivity index (χ0) is 50.4. The van der Waals surface area contributed by atoms with Crippen molar-refractivity contribution < 1.29 is 43.3 Å². The van der Waals surface area contributed by atoms with Crippen LogP contribution >= 0.6 is 0 Å². The van der Waals surface area contributed by atoms with Crippen LogP contribution in [0.4, 0.5) is 4.79 Å². The maximum absolute atomic E-state index is 14.9. The first-order valence-corrected chi connectivity index (χ1v) is 24.9. The van der Waals surface area contributed by atoms with Gasteiger partial charge in [-0.25, -0.2) is 10.2 Å². The number of methoxy groups -OCH3 is 1. The maximum atomic E-state index is 14.9. The summed E-state index contributed by atoms with van der Waals surface area (Å²) in [5.41, 5.74) is 8.03. The molecule has 5 atom stereocenters. The highest BCUT2D eigenvalue weighted by Gasteiger charge is 2.55. The van der Waals surface area contributed by atoms with Crippen molar-refractivity contribution in [2.45, 2.75) is 137 Å². The second kappa shape index (κ2) is 19.7. The number of esters is 1. The molecule has 3 fully saturated rings.